The fraction of sp³-hybridized carbons (Fsp3) is 0.286. The van der Waals surface area contributed by atoms with Crippen molar-refractivity contribution in [2.24, 2.45) is 10.9 Å². The van der Waals surface area contributed by atoms with Crippen LogP contribution >= 0.6 is 11.8 Å². The van der Waals surface area contributed by atoms with Crippen molar-refractivity contribution in [2.45, 2.75) is 6.10 Å². The molecule has 0 spiro atoms. The predicted molar refractivity (Wildman–Crippen MR) is 79.5 cm³/mol. The third-order valence-electron chi connectivity index (χ3n) is 2.76. The minimum absolute atomic E-state index is 0.216. The van der Waals surface area contributed by atoms with Crippen LogP contribution in [0.25, 0.3) is 0 Å². The van der Waals surface area contributed by atoms with Gasteiger partial charge in [0.1, 0.15) is 5.92 Å². The maximum atomic E-state index is 12.2. The van der Waals surface area contributed by atoms with Crippen LogP contribution < -0.4 is 5.32 Å². The smallest absolute Gasteiger partial charge is 0.236 e. The van der Waals surface area contributed by atoms with Crippen molar-refractivity contribution in [3.05, 3.63) is 43.0 Å². The number of benzene rings is 1. The molecule has 1 aromatic rings. The minimum Gasteiger partial charge on any atom is -0.390 e. The molecule has 100 valence electrons. The van der Waals surface area contributed by atoms with E-state index in [0.717, 1.165) is 5.69 Å². The van der Waals surface area contributed by atoms with E-state index in [-0.39, 0.29) is 12.5 Å². The Morgan fingerprint density at radius 2 is 2.26 bits per heavy atom. The number of carbonyl (C=O) groups excluding carboxylic acids is 1. The van der Waals surface area contributed by atoms with Crippen molar-refractivity contribution in [3.8, 4) is 0 Å². The van der Waals surface area contributed by atoms with Crippen molar-refractivity contribution in [1.29, 1.82) is 0 Å². The van der Waals surface area contributed by atoms with Gasteiger partial charge in [0.25, 0.3) is 0 Å². The summed E-state index contributed by atoms with van der Waals surface area (Å²) in [6.07, 6.45) is 1.01. The number of thioether (sulfide) groups is 1. The molecule has 1 aromatic carbocycles. The number of aliphatic hydroxyl groups excluding tert-OH is 1. The third-order valence-corrected chi connectivity index (χ3v) is 3.84. The minimum atomic E-state index is -0.740. The Hall–Kier alpha value is -1.59. The molecule has 4 nitrogen and oxygen atoms in total. The SMILES string of the molecule is C=CCSC1=NCC(O)C1C(=O)Nc1ccccc1. The quantitative estimate of drug-likeness (QED) is 0.826. The first-order valence-electron chi connectivity index (χ1n) is 6.04. The number of nitrogens with zero attached hydrogens (tertiary/aromatic N) is 1. The highest BCUT2D eigenvalue weighted by molar-refractivity contribution is 8.14. The molecule has 1 amide bonds. The van der Waals surface area contributed by atoms with Crippen LogP contribution in [0.2, 0.25) is 0 Å². The van der Waals surface area contributed by atoms with Gasteiger partial charge in [-0.25, -0.2) is 0 Å². The number of amides is 1. The molecule has 0 saturated heterocycles. The number of hydrogen-bond donors (Lipinski definition) is 2. The van der Waals surface area contributed by atoms with Gasteiger partial charge in [-0.1, -0.05) is 24.3 Å². The number of para-hydroxylation sites is 1. The topological polar surface area (TPSA) is 61.7 Å². The average Bonchev–Trinajstić information content (AvgIpc) is 2.78. The number of carbonyl (C=O) groups is 1. The molecule has 0 saturated carbocycles. The average molecular weight is 276 g/mol. The molecule has 5 heteroatoms. The molecule has 1 aliphatic heterocycles. The first-order valence-corrected chi connectivity index (χ1v) is 7.03. The Bertz CT molecular complexity index is 487. The number of aliphatic imine (C=N–C) groups is 1. The van der Waals surface area contributed by atoms with Crippen LogP contribution in [0.4, 0.5) is 5.69 Å². The zero-order chi connectivity index (χ0) is 13.7. The normalized spacial score (nSPS) is 21.8. The van der Waals surface area contributed by atoms with Crippen molar-refractivity contribution in [1.82, 2.24) is 0 Å². The molecule has 0 bridgehead atoms. The van der Waals surface area contributed by atoms with Crippen LogP contribution in [-0.2, 0) is 4.79 Å². The van der Waals surface area contributed by atoms with Crippen LogP contribution in [0.3, 0.4) is 0 Å². The lowest BCUT2D eigenvalue weighted by Gasteiger charge is -2.16. The lowest BCUT2D eigenvalue weighted by molar-refractivity contribution is -0.120. The second kappa shape index (κ2) is 6.54. The first kappa shape index (κ1) is 13.8. The molecule has 1 aliphatic rings. The fourth-order valence-electron chi connectivity index (χ4n) is 1.86. The Morgan fingerprint density at radius 3 is 2.95 bits per heavy atom. The van der Waals surface area contributed by atoms with E-state index in [9.17, 15) is 9.90 Å². The lowest BCUT2D eigenvalue weighted by Crippen LogP contribution is -2.35. The van der Waals surface area contributed by atoms with Crippen molar-refractivity contribution in [3.63, 3.8) is 0 Å². The largest absolute Gasteiger partial charge is 0.390 e. The second-order valence-corrected chi connectivity index (χ2v) is 5.22. The van der Waals surface area contributed by atoms with E-state index < -0.39 is 12.0 Å². The first-order chi connectivity index (χ1) is 9.22. The van der Waals surface area contributed by atoms with Gasteiger partial charge in [-0.3, -0.25) is 9.79 Å². The summed E-state index contributed by atoms with van der Waals surface area (Å²) < 4.78 is 0. The van der Waals surface area contributed by atoms with Crippen LogP contribution in [0.1, 0.15) is 0 Å². The number of rotatable bonds is 4. The molecular weight excluding hydrogens is 260 g/mol. The Kier molecular flexibility index (Phi) is 4.76. The maximum absolute atomic E-state index is 12.2. The molecule has 2 unspecified atom stereocenters. The summed E-state index contributed by atoms with van der Waals surface area (Å²) in [7, 11) is 0. The highest BCUT2D eigenvalue weighted by Crippen LogP contribution is 2.24. The number of nitrogens with one attached hydrogen (secondary N) is 1. The summed E-state index contributed by atoms with van der Waals surface area (Å²) in [6.45, 7) is 3.92. The van der Waals surface area contributed by atoms with Gasteiger partial charge in [0.15, 0.2) is 0 Å². The number of aliphatic hydroxyl groups is 1. The molecule has 2 atom stereocenters. The third kappa shape index (κ3) is 3.45. The van der Waals surface area contributed by atoms with Gasteiger partial charge in [0, 0.05) is 11.4 Å². The zero-order valence-electron chi connectivity index (χ0n) is 10.5. The van der Waals surface area contributed by atoms with Gasteiger partial charge < -0.3 is 10.4 Å². The summed E-state index contributed by atoms with van der Waals surface area (Å²) in [4.78, 5) is 16.4. The highest BCUT2D eigenvalue weighted by Gasteiger charge is 2.36. The molecule has 2 N–H and O–H groups in total. The van der Waals surface area contributed by atoms with Gasteiger partial charge in [0.2, 0.25) is 5.91 Å². The Balaban J connectivity index is 2.04. The Morgan fingerprint density at radius 1 is 1.53 bits per heavy atom. The molecule has 0 fully saturated rings. The summed E-state index contributed by atoms with van der Waals surface area (Å²) in [6, 6.07) is 9.21. The standard InChI is InChI=1S/C14H16N2O2S/c1-2-8-19-14-12(11(17)9-15-14)13(18)16-10-6-4-3-5-7-10/h2-7,11-12,17H,1,8-9H2,(H,16,18). The van der Waals surface area contributed by atoms with Gasteiger partial charge in [-0.15, -0.1) is 18.3 Å². The van der Waals surface area contributed by atoms with E-state index in [2.05, 4.69) is 16.9 Å². The van der Waals surface area contributed by atoms with E-state index in [1.54, 1.807) is 6.08 Å². The van der Waals surface area contributed by atoms with Crippen LogP contribution in [0.5, 0.6) is 0 Å². The molecule has 0 radical (unpaired) electrons. The van der Waals surface area contributed by atoms with Gasteiger partial charge in [0.05, 0.1) is 17.7 Å². The van der Waals surface area contributed by atoms with E-state index in [1.807, 2.05) is 30.3 Å². The summed E-state index contributed by atoms with van der Waals surface area (Å²) >= 11 is 1.45. The van der Waals surface area contributed by atoms with Crippen LogP contribution in [0, 0.1) is 5.92 Å². The molecule has 2 rings (SSSR count). The molecule has 0 aliphatic carbocycles. The van der Waals surface area contributed by atoms with Crippen LogP contribution in [0.15, 0.2) is 48.0 Å². The van der Waals surface area contributed by atoms with Crippen molar-refractivity contribution in [2.75, 3.05) is 17.6 Å². The summed E-state index contributed by atoms with van der Waals surface area (Å²) in [5.74, 6) is -0.114. The molecular formula is C14H16N2O2S. The van der Waals surface area contributed by atoms with Crippen LogP contribution in [-0.4, -0.2) is 34.5 Å². The zero-order valence-corrected chi connectivity index (χ0v) is 11.3. The van der Waals surface area contributed by atoms with E-state index >= 15 is 0 Å². The van der Waals surface area contributed by atoms with E-state index in [1.165, 1.54) is 11.8 Å². The van der Waals surface area contributed by atoms with Gasteiger partial charge >= 0.3 is 0 Å². The summed E-state index contributed by atoms with van der Waals surface area (Å²) in [5.41, 5.74) is 0.722. The fourth-order valence-corrected chi connectivity index (χ4v) is 2.76. The van der Waals surface area contributed by atoms with Crippen molar-refractivity contribution < 1.29 is 9.90 Å². The lowest BCUT2D eigenvalue weighted by atomic mass is 10.1. The number of hydrogen-bond acceptors (Lipinski definition) is 4. The van der Waals surface area contributed by atoms with E-state index in [4.69, 9.17) is 0 Å². The molecule has 19 heavy (non-hydrogen) atoms. The predicted octanol–water partition coefficient (Wildman–Crippen LogP) is 1.93. The number of anilines is 1. The Labute approximate surface area is 116 Å². The maximum Gasteiger partial charge on any atom is 0.236 e. The molecule has 1 heterocycles. The monoisotopic (exact) mass is 276 g/mol. The van der Waals surface area contributed by atoms with Gasteiger partial charge in [-0.05, 0) is 12.1 Å². The van der Waals surface area contributed by atoms with Gasteiger partial charge in [-0.2, -0.15) is 0 Å². The van der Waals surface area contributed by atoms with Crippen molar-refractivity contribution >= 4 is 28.4 Å². The second-order valence-electron chi connectivity index (χ2n) is 4.18. The molecule has 0 aromatic heterocycles. The van der Waals surface area contributed by atoms with E-state index in [0.29, 0.717) is 10.8 Å². The summed E-state index contributed by atoms with van der Waals surface area (Å²) in [5, 5.41) is 13.4. The highest BCUT2D eigenvalue weighted by atomic mass is 32.2.